The van der Waals surface area contributed by atoms with Gasteiger partial charge < -0.3 is 9.13 Å². The number of nitrogens with zero attached hydrogens (tertiary/aromatic N) is 2. The van der Waals surface area contributed by atoms with Crippen molar-refractivity contribution in [1.29, 1.82) is 0 Å². The SMILES string of the molecule is C=Cc1c(/C=C\C)c(C=C)n(-c2cc(Br)cc(-n3c(C=C)c(/C=C\C)c4ccccc43)c2)c1/C=C\C.CC.CC.CCCC.CCCC. The van der Waals surface area contributed by atoms with Gasteiger partial charge in [0.1, 0.15) is 0 Å². The van der Waals surface area contributed by atoms with Crippen LogP contribution in [0.5, 0.6) is 0 Å². The summed E-state index contributed by atoms with van der Waals surface area (Å²) in [4.78, 5) is 0. The third-order valence-electron chi connectivity index (χ3n) is 7.24. The van der Waals surface area contributed by atoms with Crippen molar-refractivity contribution in [2.75, 3.05) is 0 Å². The van der Waals surface area contributed by atoms with E-state index >= 15 is 0 Å². The van der Waals surface area contributed by atoms with Gasteiger partial charge in [-0.1, -0.05) is 171 Å². The van der Waals surface area contributed by atoms with Crippen molar-refractivity contribution < 1.29 is 0 Å². The van der Waals surface area contributed by atoms with Crippen molar-refractivity contribution in [3.8, 4) is 11.4 Å². The fourth-order valence-electron chi connectivity index (χ4n) is 4.93. The molecule has 3 heteroatoms. The minimum absolute atomic E-state index is 0.984. The van der Waals surface area contributed by atoms with Gasteiger partial charge in [0.15, 0.2) is 0 Å². The van der Waals surface area contributed by atoms with Crippen LogP contribution in [0, 0.1) is 0 Å². The standard InChI is InChI=1S/C33H31BrN2.2C4H10.2C2H6/c1-7-15-27-26(10-4)32(17-9-3)35(30(27)11-5)24-20-23(34)21-25(22-24)36-31(12-6)28(16-8-2)29-18-13-14-19-33(29)36;2*1-3-4-2;2*1-2/h7-22H,4-6H2,1-3H3;2*3-4H2,1-2H3;2*1-2H3/b15-7-,16-8-,17-9-;;;;. The molecule has 2 aromatic carbocycles. The highest BCUT2D eigenvalue weighted by Gasteiger charge is 2.20. The Morgan fingerprint density at radius 1 is 0.562 bits per heavy atom. The third kappa shape index (κ3) is 11.1. The molecular formula is C45H63BrN2. The van der Waals surface area contributed by atoms with Crippen LogP contribution in [0.25, 0.3) is 58.7 Å². The molecule has 0 N–H and O–H groups in total. The fourth-order valence-corrected chi connectivity index (χ4v) is 5.40. The molecule has 2 nitrogen and oxygen atoms in total. The summed E-state index contributed by atoms with van der Waals surface area (Å²) in [6, 6.07) is 15.0. The van der Waals surface area contributed by atoms with Gasteiger partial charge in [-0.05, 0) is 63.3 Å². The van der Waals surface area contributed by atoms with Crippen LogP contribution >= 0.6 is 15.9 Å². The number of hydrogen-bond acceptors (Lipinski definition) is 0. The van der Waals surface area contributed by atoms with Crippen LogP contribution in [0.3, 0.4) is 0 Å². The maximum atomic E-state index is 4.16. The van der Waals surface area contributed by atoms with Crippen LogP contribution in [-0.4, -0.2) is 9.13 Å². The monoisotopic (exact) mass is 710 g/mol. The number of hydrogen-bond donors (Lipinski definition) is 0. The average Bonchev–Trinajstić information content (AvgIpc) is 3.61. The van der Waals surface area contributed by atoms with Crippen molar-refractivity contribution in [3.63, 3.8) is 0 Å². The fraction of sp³-hybridized carbons (Fsp3) is 0.333. The van der Waals surface area contributed by atoms with Crippen molar-refractivity contribution in [1.82, 2.24) is 9.13 Å². The smallest absolute Gasteiger partial charge is 0.0541 e. The lowest BCUT2D eigenvalue weighted by Gasteiger charge is -2.16. The first-order chi connectivity index (χ1) is 23.4. The van der Waals surface area contributed by atoms with Gasteiger partial charge in [-0.2, -0.15) is 0 Å². The Morgan fingerprint density at radius 2 is 1.02 bits per heavy atom. The van der Waals surface area contributed by atoms with E-state index in [9.17, 15) is 0 Å². The summed E-state index contributed by atoms with van der Waals surface area (Å²) in [6.07, 6.45) is 23.6. The number of fused-ring (bicyclic) bond motifs is 1. The Hall–Kier alpha value is -3.82. The summed E-state index contributed by atoms with van der Waals surface area (Å²) in [7, 11) is 0. The van der Waals surface area contributed by atoms with Gasteiger partial charge in [0.2, 0.25) is 0 Å². The van der Waals surface area contributed by atoms with E-state index in [1.54, 1.807) is 0 Å². The van der Waals surface area contributed by atoms with Crippen LogP contribution < -0.4 is 0 Å². The van der Waals surface area contributed by atoms with Crippen molar-refractivity contribution in [2.45, 2.75) is 102 Å². The molecule has 4 aromatic rings. The van der Waals surface area contributed by atoms with E-state index in [2.05, 4.69) is 151 Å². The lowest BCUT2D eigenvalue weighted by Crippen LogP contribution is -2.03. The normalized spacial score (nSPS) is 10.4. The largest absolute Gasteiger partial charge is 0.309 e. The number of allylic oxidation sites excluding steroid dienone is 3. The quantitative estimate of drug-likeness (QED) is 0.155. The van der Waals surface area contributed by atoms with Crippen LogP contribution in [0.1, 0.15) is 136 Å². The minimum atomic E-state index is 0.984. The lowest BCUT2D eigenvalue weighted by atomic mass is 10.1. The summed E-state index contributed by atoms with van der Waals surface area (Å²) in [5, 5.41) is 1.19. The van der Waals surface area contributed by atoms with Gasteiger partial charge in [0.05, 0.1) is 22.6 Å². The zero-order chi connectivity index (χ0) is 36.6. The second kappa shape index (κ2) is 25.2. The summed E-state index contributed by atoms with van der Waals surface area (Å²) >= 11 is 3.79. The number of aromatic nitrogens is 2. The highest BCUT2D eigenvalue weighted by molar-refractivity contribution is 9.10. The highest BCUT2D eigenvalue weighted by atomic mass is 79.9. The molecular weight excluding hydrogens is 648 g/mol. The Labute approximate surface area is 303 Å². The van der Waals surface area contributed by atoms with Crippen molar-refractivity contribution in [3.05, 3.63) is 119 Å². The molecule has 0 saturated heterocycles. The minimum Gasteiger partial charge on any atom is -0.309 e. The molecule has 260 valence electrons. The molecule has 0 aliphatic rings. The predicted molar refractivity (Wildman–Crippen MR) is 229 cm³/mol. The molecule has 0 fully saturated rings. The molecule has 2 aromatic heterocycles. The van der Waals surface area contributed by atoms with Crippen molar-refractivity contribution in [2.24, 2.45) is 0 Å². The van der Waals surface area contributed by atoms with Crippen LogP contribution in [0.2, 0.25) is 0 Å². The van der Waals surface area contributed by atoms with Crippen molar-refractivity contribution >= 4 is 63.3 Å². The summed E-state index contributed by atoms with van der Waals surface area (Å²) < 4.78 is 5.51. The van der Waals surface area contributed by atoms with Gasteiger partial charge in [0, 0.05) is 37.9 Å². The van der Waals surface area contributed by atoms with E-state index in [-0.39, 0.29) is 0 Å². The summed E-state index contributed by atoms with van der Waals surface area (Å²) in [6.45, 7) is 35.2. The van der Waals surface area contributed by atoms with E-state index in [1.807, 2.05) is 66.7 Å². The first kappa shape index (κ1) is 44.2. The van der Waals surface area contributed by atoms with E-state index < -0.39 is 0 Å². The van der Waals surface area contributed by atoms with Crippen LogP contribution in [-0.2, 0) is 0 Å². The lowest BCUT2D eigenvalue weighted by molar-refractivity contribution is 0.886. The Morgan fingerprint density at radius 3 is 1.48 bits per heavy atom. The zero-order valence-corrected chi connectivity index (χ0v) is 33.5. The molecule has 0 atom stereocenters. The maximum Gasteiger partial charge on any atom is 0.0541 e. The molecule has 0 spiro atoms. The van der Waals surface area contributed by atoms with Gasteiger partial charge in [0.25, 0.3) is 0 Å². The molecule has 0 unspecified atom stereocenters. The Bertz CT molecular complexity index is 1630. The maximum absolute atomic E-state index is 4.16. The molecule has 4 rings (SSSR count). The molecule has 0 aliphatic heterocycles. The molecule has 0 amide bonds. The topological polar surface area (TPSA) is 9.86 Å². The number of para-hydroxylation sites is 1. The van der Waals surface area contributed by atoms with E-state index in [0.29, 0.717) is 0 Å². The first-order valence-electron chi connectivity index (χ1n) is 17.9. The summed E-state index contributed by atoms with van der Waals surface area (Å²) in [5.74, 6) is 0. The van der Waals surface area contributed by atoms with Gasteiger partial charge >= 0.3 is 0 Å². The molecule has 0 saturated carbocycles. The van der Waals surface area contributed by atoms with Crippen LogP contribution in [0.4, 0.5) is 0 Å². The van der Waals surface area contributed by atoms with Gasteiger partial charge in [-0.3, -0.25) is 0 Å². The molecule has 0 radical (unpaired) electrons. The number of rotatable bonds is 10. The number of benzene rings is 2. The Balaban J connectivity index is 0.00000161. The van der Waals surface area contributed by atoms with Crippen LogP contribution in [0.15, 0.2) is 84.9 Å². The first-order valence-corrected chi connectivity index (χ1v) is 18.7. The van der Waals surface area contributed by atoms with E-state index in [4.69, 9.17) is 0 Å². The average molecular weight is 712 g/mol. The molecule has 2 heterocycles. The molecule has 0 bridgehead atoms. The van der Waals surface area contributed by atoms with Gasteiger partial charge in [-0.15, -0.1) is 0 Å². The number of halogens is 1. The second-order valence-corrected chi connectivity index (χ2v) is 11.3. The number of unbranched alkanes of at least 4 members (excludes halogenated alkanes) is 2. The second-order valence-electron chi connectivity index (χ2n) is 10.4. The van der Waals surface area contributed by atoms with E-state index in [0.717, 1.165) is 55.1 Å². The molecule has 0 aliphatic carbocycles. The summed E-state index contributed by atoms with van der Waals surface area (Å²) in [5.41, 5.74) is 9.70. The van der Waals surface area contributed by atoms with E-state index in [1.165, 1.54) is 31.1 Å². The molecule has 48 heavy (non-hydrogen) atoms. The third-order valence-corrected chi connectivity index (χ3v) is 7.70. The zero-order valence-electron chi connectivity index (χ0n) is 32.0. The van der Waals surface area contributed by atoms with Gasteiger partial charge in [-0.25, -0.2) is 0 Å². The Kier molecular flexibility index (Phi) is 23.2. The highest BCUT2D eigenvalue weighted by Crippen LogP contribution is 2.36. The predicted octanol–water partition coefficient (Wildman–Crippen LogP) is 15.9.